The number of hydrogen-bond acceptors (Lipinski definition) is 2. The van der Waals surface area contributed by atoms with E-state index in [1.54, 1.807) is 0 Å². The summed E-state index contributed by atoms with van der Waals surface area (Å²) in [7, 11) is 0. The summed E-state index contributed by atoms with van der Waals surface area (Å²) in [5, 5.41) is 7.16. The van der Waals surface area contributed by atoms with Gasteiger partial charge in [-0.15, -0.1) is 0 Å². The predicted octanol–water partition coefficient (Wildman–Crippen LogP) is 2.87. The van der Waals surface area contributed by atoms with E-state index < -0.39 is 0 Å². The molecule has 0 spiro atoms. The maximum atomic E-state index is 5.84. The Hall–Kier alpha value is -0.990. The summed E-state index contributed by atoms with van der Waals surface area (Å²) >= 11 is 0. The van der Waals surface area contributed by atoms with Crippen molar-refractivity contribution >= 4 is 5.82 Å². The van der Waals surface area contributed by atoms with Crippen LogP contribution in [-0.2, 0) is 0 Å². The van der Waals surface area contributed by atoms with Crippen LogP contribution in [-0.4, -0.2) is 10.2 Å². The van der Waals surface area contributed by atoms with E-state index in [1.165, 1.54) is 11.3 Å². The number of nitrogens with zero attached hydrogens (tertiary/aromatic N) is 1. The highest BCUT2D eigenvalue weighted by Gasteiger charge is 2.20. The van der Waals surface area contributed by atoms with E-state index in [4.69, 9.17) is 5.73 Å². The minimum Gasteiger partial charge on any atom is -0.382 e. The van der Waals surface area contributed by atoms with Crippen LogP contribution in [0, 0.1) is 5.92 Å². The Morgan fingerprint density at radius 1 is 1.14 bits per heavy atom. The molecule has 0 saturated carbocycles. The van der Waals surface area contributed by atoms with Gasteiger partial charge in [0.25, 0.3) is 0 Å². The second kappa shape index (κ2) is 4.03. The molecule has 0 radical (unpaired) electrons. The van der Waals surface area contributed by atoms with Gasteiger partial charge < -0.3 is 5.73 Å². The van der Waals surface area contributed by atoms with Gasteiger partial charge in [-0.1, -0.05) is 34.6 Å². The lowest BCUT2D eigenvalue weighted by atomic mass is 9.89. The summed E-state index contributed by atoms with van der Waals surface area (Å²) in [6.45, 7) is 10.9. The molecule has 1 atom stereocenters. The summed E-state index contributed by atoms with van der Waals surface area (Å²) in [6.07, 6.45) is 0. The normalized spacial score (nSPS) is 13.9. The second-order valence-electron chi connectivity index (χ2n) is 4.62. The molecule has 1 unspecified atom stereocenters. The molecule has 80 valence electrons. The van der Waals surface area contributed by atoms with Gasteiger partial charge in [-0.05, 0) is 11.8 Å². The van der Waals surface area contributed by atoms with Gasteiger partial charge in [0, 0.05) is 17.2 Å². The van der Waals surface area contributed by atoms with Crippen molar-refractivity contribution < 1.29 is 0 Å². The standard InChI is InChI=1S/C11H21N3/c1-6(2)8(5)10-9(7(3)4)11(12)14-13-10/h6-8H,1-5H3,(H3,12,13,14). The fraction of sp³-hybridized carbons (Fsp3) is 0.727. The largest absolute Gasteiger partial charge is 0.382 e. The van der Waals surface area contributed by atoms with Crippen molar-refractivity contribution in [2.75, 3.05) is 5.73 Å². The number of rotatable bonds is 3. The number of H-pyrrole nitrogens is 1. The molecule has 3 heteroatoms. The van der Waals surface area contributed by atoms with Crippen molar-refractivity contribution in [1.82, 2.24) is 10.2 Å². The molecule has 0 aromatic carbocycles. The van der Waals surface area contributed by atoms with Crippen LogP contribution >= 0.6 is 0 Å². The number of hydrogen-bond donors (Lipinski definition) is 2. The molecule has 0 aliphatic carbocycles. The number of nitrogens with two attached hydrogens (primary N) is 1. The first-order chi connectivity index (χ1) is 6.45. The Kier molecular flexibility index (Phi) is 3.19. The first-order valence-corrected chi connectivity index (χ1v) is 5.28. The lowest BCUT2D eigenvalue weighted by molar-refractivity contribution is 0.517. The third kappa shape index (κ3) is 1.91. The number of aromatic nitrogens is 2. The van der Waals surface area contributed by atoms with E-state index in [2.05, 4.69) is 44.8 Å². The van der Waals surface area contributed by atoms with Crippen molar-refractivity contribution in [3.05, 3.63) is 11.3 Å². The summed E-state index contributed by atoms with van der Waals surface area (Å²) in [4.78, 5) is 0. The smallest absolute Gasteiger partial charge is 0.148 e. The summed E-state index contributed by atoms with van der Waals surface area (Å²) in [6, 6.07) is 0. The maximum Gasteiger partial charge on any atom is 0.148 e. The predicted molar refractivity (Wildman–Crippen MR) is 60.3 cm³/mol. The van der Waals surface area contributed by atoms with Crippen LogP contribution in [0.1, 0.15) is 57.7 Å². The van der Waals surface area contributed by atoms with Gasteiger partial charge in [0.05, 0.1) is 0 Å². The Labute approximate surface area is 86.1 Å². The minimum absolute atomic E-state index is 0.435. The summed E-state index contributed by atoms with van der Waals surface area (Å²) in [5.74, 6) is 2.18. The molecule has 0 bridgehead atoms. The molecule has 1 aromatic rings. The zero-order valence-corrected chi connectivity index (χ0v) is 9.76. The number of nitrogens with one attached hydrogen (secondary N) is 1. The third-order valence-electron chi connectivity index (χ3n) is 2.90. The summed E-state index contributed by atoms with van der Waals surface area (Å²) in [5.41, 5.74) is 8.23. The van der Waals surface area contributed by atoms with Gasteiger partial charge in [0.15, 0.2) is 0 Å². The van der Waals surface area contributed by atoms with Gasteiger partial charge in [-0.3, -0.25) is 5.10 Å². The Morgan fingerprint density at radius 2 is 1.71 bits per heavy atom. The first kappa shape index (κ1) is 11.1. The number of anilines is 1. The van der Waals surface area contributed by atoms with E-state index in [-0.39, 0.29) is 0 Å². The van der Waals surface area contributed by atoms with Gasteiger partial charge >= 0.3 is 0 Å². The summed E-state index contributed by atoms with van der Waals surface area (Å²) < 4.78 is 0. The first-order valence-electron chi connectivity index (χ1n) is 5.28. The van der Waals surface area contributed by atoms with Crippen molar-refractivity contribution in [1.29, 1.82) is 0 Å². The van der Waals surface area contributed by atoms with Crippen LogP contribution < -0.4 is 5.73 Å². The van der Waals surface area contributed by atoms with Crippen LogP contribution in [0.5, 0.6) is 0 Å². The van der Waals surface area contributed by atoms with Gasteiger partial charge in [0.2, 0.25) is 0 Å². The van der Waals surface area contributed by atoms with Gasteiger partial charge in [-0.25, -0.2) is 0 Å². The number of aromatic amines is 1. The van der Waals surface area contributed by atoms with Gasteiger partial charge in [0.1, 0.15) is 5.82 Å². The average molecular weight is 195 g/mol. The SMILES string of the molecule is CC(C)c1c(N)n[nH]c1C(C)C(C)C. The maximum absolute atomic E-state index is 5.84. The fourth-order valence-corrected chi connectivity index (χ4v) is 1.67. The van der Waals surface area contributed by atoms with Crippen LogP contribution in [0.4, 0.5) is 5.82 Å². The molecule has 14 heavy (non-hydrogen) atoms. The van der Waals surface area contributed by atoms with E-state index in [0.717, 1.165) is 0 Å². The Bertz CT molecular complexity index is 299. The van der Waals surface area contributed by atoms with Crippen molar-refractivity contribution in [2.45, 2.75) is 46.5 Å². The molecule has 0 fully saturated rings. The molecule has 0 saturated heterocycles. The molecule has 0 aliphatic heterocycles. The van der Waals surface area contributed by atoms with Crippen LogP contribution in [0.3, 0.4) is 0 Å². The quantitative estimate of drug-likeness (QED) is 0.779. The molecular weight excluding hydrogens is 174 g/mol. The van der Waals surface area contributed by atoms with Crippen LogP contribution in [0.25, 0.3) is 0 Å². The lowest BCUT2D eigenvalue weighted by Crippen LogP contribution is -2.06. The molecule has 3 N–H and O–H groups in total. The molecule has 0 aliphatic rings. The van der Waals surface area contributed by atoms with Crippen LogP contribution in [0.15, 0.2) is 0 Å². The molecule has 1 heterocycles. The molecule has 0 amide bonds. The topological polar surface area (TPSA) is 54.7 Å². The Morgan fingerprint density at radius 3 is 2.14 bits per heavy atom. The minimum atomic E-state index is 0.435. The highest BCUT2D eigenvalue weighted by molar-refractivity contribution is 5.45. The highest BCUT2D eigenvalue weighted by Crippen LogP contribution is 2.32. The Balaban J connectivity index is 3.09. The van der Waals surface area contributed by atoms with Gasteiger partial charge in [-0.2, -0.15) is 5.10 Å². The van der Waals surface area contributed by atoms with Crippen molar-refractivity contribution in [3.63, 3.8) is 0 Å². The number of nitrogen functional groups attached to an aromatic ring is 1. The zero-order valence-electron chi connectivity index (χ0n) is 9.76. The molecule has 1 rings (SSSR count). The second-order valence-corrected chi connectivity index (χ2v) is 4.62. The van der Waals surface area contributed by atoms with E-state index in [0.29, 0.717) is 23.6 Å². The monoisotopic (exact) mass is 195 g/mol. The van der Waals surface area contributed by atoms with E-state index in [1.807, 2.05) is 0 Å². The highest BCUT2D eigenvalue weighted by atomic mass is 15.2. The zero-order chi connectivity index (χ0) is 10.9. The lowest BCUT2D eigenvalue weighted by Gasteiger charge is -2.17. The molecule has 3 nitrogen and oxygen atoms in total. The van der Waals surface area contributed by atoms with Crippen molar-refractivity contribution in [3.8, 4) is 0 Å². The van der Waals surface area contributed by atoms with E-state index >= 15 is 0 Å². The van der Waals surface area contributed by atoms with Crippen molar-refractivity contribution in [2.24, 2.45) is 5.92 Å². The van der Waals surface area contributed by atoms with E-state index in [9.17, 15) is 0 Å². The molecular formula is C11H21N3. The fourth-order valence-electron chi connectivity index (χ4n) is 1.67. The molecule has 1 aromatic heterocycles. The average Bonchev–Trinajstić information content (AvgIpc) is 2.45. The third-order valence-corrected chi connectivity index (χ3v) is 2.90. The van der Waals surface area contributed by atoms with Crippen LogP contribution in [0.2, 0.25) is 0 Å².